The first-order valence-corrected chi connectivity index (χ1v) is 11.0. The molecule has 2 aromatic carbocycles. The number of fused-ring (bicyclic) bond motifs is 1. The molecule has 3 aromatic rings. The SMILES string of the molecule is CN(CCOc1cccc(CNC(=O)c2cc3cc(Cl)ccc3[nH]2)c1)C1CCOCC1. The summed E-state index contributed by atoms with van der Waals surface area (Å²) in [5.74, 6) is 0.657. The van der Waals surface area contributed by atoms with Crippen LogP contribution in [0.3, 0.4) is 0 Å². The number of halogens is 1. The Bertz CT molecular complexity index is 1030. The van der Waals surface area contributed by atoms with Gasteiger partial charge in [-0.2, -0.15) is 0 Å². The molecule has 1 aliphatic heterocycles. The summed E-state index contributed by atoms with van der Waals surface area (Å²) in [6.07, 6.45) is 2.16. The van der Waals surface area contributed by atoms with Gasteiger partial charge in [-0.15, -0.1) is 0 Å². The first-order chi connectivity index (χ1) is 15.1. The molecule has 0 atom stereocenters. The van der Waals surface area contributed by atoms with E-state index in [1.54, 1.807) is 6.07 Å². The van der Waals surface area contributed by atoms with E-state index in [9.17, 15) is 4.79 Å². The summed E-state index contributed by atoms with van der Waals surface area (Å²) in [4.78, 5) is 18.0. The van der Waals surface area contributed by atoms with Gasteiger partial charge in [0.2, 0.25) is 0 Å². The van der Waals surface area contributed by atoms with Crippen molar-refractivity contribution in [2.75, 3.05) is 33.4 Å². The Morgan fingerprint density at radius 3 is 2.90 bits per heavy atom. The summed E-state index contributed by atoms with van der Waals surface area (Å²) >= 11 is 6.02. The number of carbonyl (C=O) groups is 1. The Kier molecular flexibility index (Phi) is 7.12. The molecule has 1 aliphatic rings. The van der Waals surface area contributed by atoms with Crippen molar-refractivity contribution in [3.05, 3.63) is 64.8 Å². The Morgan fingerprint density at radius 2 is 2.06 bits per heavy atom. The largest absolute Gasteiger partial charge is 0.492 e. The number of rotatable bonds is 8. The van der Waals surface area contributed by atoms with E-state index in [2.05, 4.69) is 22.2 Å². The molecule has 2 heterocycles. The molecule has 0 unspecified atom stereocenters. The number of hydrogen-bond acceptors (Lipinski definition) is 4. The normalized spacial score (nSPS) is 14.8. The molecule has 1 amide bonds. The van der Waals surface area contributed by atoms with Crippen LogP contribution in [0.25, 0.3) is 10.9 Å². The first kappa shape index (κ1) is 21.7. The van der Waals surface area contributed by atoms with Crippen molar-refractivity contribution < 1.29 is 14.3 Å². The van der Waals surface area contributed by atoms with Gasteiger partial charge in [0.25, 0.3) is 5.91 Å². The standard InChI is InChI=1S/C24H28ClN3O3/c1-28(20-7-10-30-11-8-20)9-12-31-21-4-2-3-17(13-21)16-26-24(29)23-15-18-14-19(25)5-6-22(18)27-23/h2-6,13-15,20,27H,7-12,16H2,1H3,(H,26,29). The summed E-state index contributed by atoms with van der Waals surface area (Å²) in [6, 6.07) is 15.7. The first-order valence-electron chi connectivity index (χ1n) is 10.6. The quantitative estimate of drug-likeness (QED) is 0.548. The van der Waals surface area contributed by atoms with Crippen molar-refractivity contribution in [3.63, 3.8) is 0 Å². The third-order valence-electron chi connectivity index (χ3n) is 5.71. The molecule has 0 spiro atoms. The number of aromatic amines is 1. The summed E-state index contributed by atoms with van der Waals surface area (Å²) in [5.41, 5.74) is 2.39. The lowest BCUT2D eigenvalue weighted by Crippen LogP contribution is -2.38. The van der Waals surface area contributed by atoms with Crippen LogP contribution in [0.15, 0.2) is 48.5 Å². The molecule has 31 heavy (non-hydrogen) atoms. The van der Waals surface area contributed by atoms with Crippen molar-refractivity contribution in [2.45, 2.75) is 25.4 Å². The maximum Gasteiger partial charge on any atom is 0.267 e. The van der Waals surface area contributed by atoms with Gasteiger partial charge in [0, 0.05) is 48.3 Å². The second-order valence-electron chi connectivity index (χ2n) is 7.92. The number of benzene rings is 2. The van der Waals surface area contributed by atoms with Gasteiger partial charge in [-0.05, 0) is 61.9 Å². The molecule has 1 fully saturated rings. The smallest absolute Gasteiger partial charge is 0.267 e. The third-order valence-corrected chi connectivity index (χ3v) is 5.94. The Labute approximate surface area is 187 Å². The highest BCUT2D eigenvalue weighted by Crippen LogP contribution is 2.20. The van der Waals surface area contributed by atoms with Crippen LogP contribution in [0.2, 0.25) is 5.02 Å². The van der Waals surface area contributed by atoms with Gasteiger partial charge in [-0.25, -0.2) is 0 Å². The van der Waals surface area contributed by atoms with Crippen LogP contribution in [0.5, 0.6) is 5.75 Å². The number of likely N-dealkylation sites (N-methyl/N-ethyl adjacent to an activating group) is 1. The fourth-order valence-electron chi connectivity index (χ4n) is 3.86. The second kappa shape index (κ2) is 10.2. The average molecular weight is 442 g/mol. The van der Waals surface area contributed by atoms with Gasteiger partial charge in [0.05, 0.1) is 0 Å². The van der Waals surface area contributed by atoms with Crippen molar-refractivity contribution in [1.29, 1.82) is 0 Å². The monoisotopic (exact) mass is 441 g/mol. The molecule has 0 aliphatic carbocycles. The molecule has 0 bridgehead atoms. The van der Waals surface area contributed by atoms with Gasteiger partial charge in [-0.3, -0.25) is 9.69 Å². The zero-order valence-corrected chi connectivity index (χ0v) is 18.5. The van der Waals surface area contributed by atoms with Crippen molar-refractivity contribution in [1.82, 2.24) is 15.2 Å². The molecule has 7 heteroatoms. The lowest BCUT2D eigenvalue weighted by molar-refractivity contribution is 0.0392. The maximum atomic E-state index is 12.5. The number of hydrogen-bond donors (Lipinski definition) is 2. The fourth-order valence-corrected chi connectivity index (χ4v) is 4.05. The molecule has 0 saturated carbocycles. The van der Waals surface area contributed by atoms with Gasteiger partial charge in [0.15, 0.2) is 0 Å². The maximum absolute atomic E-state index is 12.5. The molecule has 1 saturated heterocycles. The van der Waals surface area contributed by atoms with E-state index in [0.29, 0.717) is 29.9 Å². The number of amides is 1. The van der Waals surface area contributed by atoms with Gasteiger partial charge in [-0.1, -0.05) is 23.7 Å². The highest BCUT2D eigenvalue weighted by atomic mass is 35.5. The van der Waals surface area contributed by atoms with Crippen LogP contribution in [0.4, 0.5) is 0 Å². The van der Waals surface area contributed by atoms with E-state index in [1.807, 2.05) is 42.5 Å². The van der Waals surface area contributed by atoms with Crippen LogP contribution in [0, 0.1) is 0 Å². The van der Waals surface area contributed by atoms with E-state index in [4.69, 9.17) is 21.1 Å². The zero-order valence-electron chi connectivity index (χ0n) is 17.7. The lowest BCUT2D eigenvalue weighted by Gasteiger charge is -2.31. The van der Waals surface area contributed by atoms with Gasteiger partial charge < -0.3 is 19.8 Å². The summed E-state index contributed by atoms with van der Waals surface area (Å²) in [5, 5.41) is 4.52. The van der Waals surface area contributed by atoms with Crippen LogP contribution in [-0.2, 0) is 11.3 Å². The van der Waals surface area contributed by atoms with Crippen LogP contribution < -0.4 is 10.1 Å². The highest BCUT2D eigenvalue weighted by Gasteiger charge is 2.18. The van der Waals surface area contributed by atoms with Crippen molar-refractivity contribution in [2.24, 2.45) is 0 Å². The number of aromatic nitrogens is 1. The van der Waals surface area contributed by atoms with Gasteiger partial charge >= 0.3 is 0 Å². The summed E-state index contributed by atoms with van der Waals surface area (Å²) in [7, 11) is 2.14. The minimum absolute atomic E-state index is 0.156. The van der Waals surface area contributed by atoms with Crippen LogP contribution >= 0.6 is 11.6 Å². The summed E-state index contributed by atoms with van der Waals surface area (Å²) in [6.45, 7) is 3.61. The third kappa shape index (κ3) is 5.79. The Hall–Kier alpha value is -2.54. The topological polar surface area (TPSA) is 66.6 Å². The van der Waals surface area contributed by atoms with E-state index < -0.39 is 0 Å². The molecule has 164 valence electrons. The average Bonchev–Trinajstić information content (AvgIpc) is 3.21. The highest BCUT2D eigenvalue weighted by molar-refractivity contribution is 6.31. The Balaban J connectivity index is 1.27. The molecule has 2 N–H and O–H groups in total. The van der Waals surface area contributed by atoms with E-state index in [-0.39, 0.29) is 5.91 Å². The van der Waals surface area contributed by atoms with Crippen molar-refractivity contribution in [3.8, 4) is 5.75 Å². The van der Waals surface area contributed by atoms with Crippen LogP contribution in [0.1, 0.15) is 28.9 Å². The molecule has 1 aromatic heterocycles. The van der Waals surface area contributed by atoms with E-state index in [1.165, 1.54) is 0 Å². The van der Waals surface area contributed by atoms with E-state index in [0.717, 1.165) is 54.8 Å². The lowest BCUT2D eigenvalue weighted by atomic mass is 10.1. The number of nitrogens with one attached hydrogen (secondary N) is 2. The van der Waals surface area contributed by atoms with Crippen LogP contribution in [-0.4, -0.2) is 55.2 Å². The zero-order chi connectivity index (χ0) is 21.6. The van der Waals surface area contributed by atoms with Crippen molar-refractivity contribution >= 4 is 28.4 Å². The molecular formula is C24H28ClN3O3. The predicted molar refractivity (Wildman–Crippen MR) is 123 cm³/mol. The second-order valence-corrected chi connectivity index (χ2v) is 8.35. The number of carbonyl (C=O) groups excluding carboxylic acids is 1. The van der Waals surface area contributed by atoms with E-state index >= 15 is 0 Å². The molecule has 6 nitrogen and oxygen atoms in total. The number of ether oxygens (including phenoxy) is 2. The fraction of sp³-hybridized carbons (Fsp3) is 0.375. The summed E-state index contributed by atoms with van der Waals surface area (Å²) < 4.78 is 11.4. The molecule has 0 radical (unpaired) electrons. The number of nitrogens with zero attached hydrogens (tertiary/aromatic N) is 1. The minimum atomic E-state index is -0.156. The number of H-pyrrole nitrogens is 1. The molecular weight excluding hydrogens is 414 g/mol. The molecule has 4 rings (SSSR count). The van der Waals surface area contributed by atoms with Gasteiger partial charge in [0.1, 0.15) is 18.1 Å². The predicted octanol–water partition coefficient (Wildman–Crippen LogP) is 4.24. The Morgan fingerprint density at radius 1 is 1.23 bits per heavy atom. The minimum Gasteiger partial charge on any atom is -0.492 e.